The first-order chi connectivity index (χ1) is 13.9. The predicted octanol–water partition coefficient (Wildman–Crippen LogP) is 1.49. The molecule has 0 aliphatic rings. The normalized spacial score (nSPS) is 11.0. The van der Waals surface area contributed by atoms with Crippen LogP contribution >= 0.6 is 0 Å². The first kappa shape index (κ1) is 18.1. The molecule has 148 valence electrons. The third kappa shape index (κ3) is 2.84. The largest absolute Gasteiger partial charge is 0.503 e. The molecule has 0 aliphatic heterocycles. The Morgan fingerprint density at radius 1 is 1.14 bits per heavy atom. The summed E-state index contributed by atoms with van der Waals surface area (Å²) >= 11 is 0. The highest BCUT2D eigenvalue weighted by molar-refractivity contribution is 5.75. The highest BCUT2D eigenvalue weighted by atomic mass is 16.3. The second-order valence-corrected chi connectivity index (χ2v) is 6.19. The van der Waals surface area contributed by atoms with E-state index in [0.717, 1.165) is 10.1 Å². The molecule has 5 N–H and O–H groups in total. The number of pyridine rings is 2. The van der Waals surface area contributed by atoms with Crippen LogP contribution in [0.1, 0.15) is 5.56 Å². The van der Waals surface area contributed by atoms with Gasteiger partial charge in [0.25, 0.3) is 0 Å². The summed E-state index contributed by atoms with van der Waals surface area (Å²) < 4.78 is 2.37. The molecule has 0 saturated carbocycles. The maximum Gasteiger partial charge on any atom is 0.305 e. The van der Waals surface area contributed by atoms with Gasteiger partial charge in [-0.3, -0.25) is 4.79 Å². The average Bonchev–Trinajstić information content (AvgIpc) is 3.11. The van der Waals surface area contributed by atoms with Crippen molar-refractivity contribution in [3.05, 3.63) is 52.6 Å². The van der Waals surface area contributed by atoms with Crippen LogP contribution in [0.15, 0.2) is 41.5 Å². The van der Waals surface area contributed by atoms with E-state index in [1.165, 1.54) is 12.3 Å². The van der Waals surface area contributed by atoms with Crippen LogP contribution in [0.2, 0.25) is 0 Å². The number of aromatic nitrogens is 5. The van der Waals surface area contributed by atoms with Gasteiger partial charge in [0, 0.05) is 24.9 Å². The SMILES string of the molecule is CNc1cc(Nc2c(O)c(O)c(=O)n(-c3ccccn3)c2O)nc2c(C)cnn12. The van der Waals surface area contributed by atoms with Crippen molar-refractivity contribution >= 4 is 23.0 Å². The fraction of sp³-hybridized carbons (Fsp3) is 0.111. The van der Waals surface area contributed by atoms with Gasteiger partial charge in [0.2, 0.25) is 11.6 Å². The van der Waals surface area contributed by atoms with Crippen molar-refractivity contribution < 1.29 is 15.3 Å². The molecule has 4 aromatic rings. The van der Waals surface area contributed by atoms with Gasteiger partial charge in [0.1, 0.15) is 23.1 Å². The van der Waals surface area contributed by atoms with Gasteiger partial charge in [-0.1, -0.05) is 6.07 Å². The number of fused-ring (bicyclic) bond motifs is 1. The van der Waals surface area contributed by atoms with Crippen LogP contribution in [0.4, 0.5) is 17.3 Å². The molecule has 4 aromatic heterocycles. The number of hydrogen-bond acceptors (Lipinski definition) is 9. The number of nitrogens with one attached hydrogen (secondary N) is 2. The molecule has 0 aliphatic carbocycles. The molecule has 0 bridgehead atoms. The van der Waals surface area contributed by atoms with E-state index < -0.39 is 22.9 Å². The number of anilines is 3. The summed E-state index contributed by atoms with van der Waals surface area (Å²) in [5.41, 5.74) is 0.0273. The second kappa shape index (κ2) is 6.71. The first-order valence-electron chi connectivity index (χ1n) is 8.53. The molecule has 0 aromatic carbocycles. The summed E-state index contributed by atoms with van der Waals surface area (Å²) in [6.07, 6.45) is 3.07. The van der Waals surface area contributed by atoms with E-state index in [0.29, 0.717) is 11.5 Å². The van der Waals surface area contributed by atoms with Crippen LogP contribution in [-0.4, -0.2) is 46.5 Å². The lowest BCUT2D eigenvalue weighted by atomic mass is 10.3. The summed E-state index contributed by atoms with van der Waals surface area (Å²) in [7, 11) is 1.71. The van der Waals surface area contributed by atoms with Crippen LogP contribution in [0.3, 0.4) is 0 Å². The van der Waals surface area contributed by atoms with E-state index in [-0.39, 0.29) is 17.3 Å². The molecule has 0 amide bonds. The molecule has 0 spiro atoms. The maximum absolute atomic E-state index is 12.4. The zero-order valence-electron chi connectivity index (χ0n) is 15.5. The van der Waals surface area contributed by atoms with Gasteiger partial charge in [-0.15, -0.1) is 0 Å². The quantitative estimate of drug-likeness (QED) is 0.346. The minimum absolute atomic E-state index is 0.0688. The fourth-order valence-corrected chi connectivity index (χ4v) is 2.90. The predicted molar refractivity (Wildman–Crippen MR) is 105 cm³/mol. The number of rotatable bonds is 4. The molecule has 29 heavy (non-hydrogen) atoms. The smallest absolute Gasteiger partial charge is 0.305 e. The lowest BCUT2D eigenvalue weighted by Gasteiger charge is -2.16. The Morgan fingerprint density at radius 3 is 2.62 bits per heavy atom. The third-order valence-corrected chi connectivity index (χ3v) is 4.34. The number of nitrogens with zero attached hydrogens (tertiary/aromatic N) is 5. The summed E-state index contributed by atoms with van der Waals surface area (Å²) in [5, 5.41) is 41.0. The minimum atomic E-state index is -1.02. The summed E-state index contributed by atoms with van der Waals surface area (Å²) in [6, 6.07) is 6.31. The zero-order chi connectivity index (χ0) is 20.7. The molecule has 0 radical (unpaired) electrons. The van der Waals surface area contributed by atoms with Crippen molar-refractivity contribution in [2.75, 3.05) is 17.7 Å². The van der Waals surface area contributed by atoms with E-state index >= 15 is 0 Å². The van der Waals surface area contributed by atoms with Gasteiger partial charge in [-0.25, -0.2) is 14.5 Å². The number of hydrogen-bond donors (Lipinski definition) is 5. The minimum Gasteiger partial charge on any atom is -0.503 e. The van der Waals surface area contributed by atoms with Crippen LogP contribution < -0.4 is 16.2 Å². The molecule has 4 rings (SSSR count). The lowest BCUT2D eigenvalue weighted by Crippen LogP contribution is -2.20. The van der Waals surface area contributed by atoms with Gasteiger partial charge in [-0.05, 0) is 19.1 Å². The van der Waals surface area contributed by atoms with Crippen molar-refractivity contribution in [2.24, 2.45) is 0 Å². The topological polar surface area (TPSA) is 150 Å². The van der Waals surface area contributed by atoms with Crippen LogP contribution in [0.25, 0.3) is 11.5 Å². The van der Waals surface area contributed by atoms with Gasteiger partial charge in [0.05, 0.1) is 6.20 Å². The number of aryl methyl sites for hydroxylation is 1. The zero-order valence-corrected chi connectivity index (χ0v) is 15.5. The van der Waals surface area contributed by atoms with Gasteiger partial charge >= 0.3 is 5.56 Å². The van der Waals surface area contributed by atoms with E-state index in [4.69, 9.17) is 0 Å². The molecule has 11 heteroatoms. The van der Waals surface area contributed by atoms with E-state index in [9.17, 15) is 20.1 Å². The van der Waals surface area contributed by atoms with Crippen molar-refractivity contribution in [3.8, 4) is 23.2 Å². The second-order valence-electron chi connectivity index (χ2n) is 6.19. The van der Waals surface area contributed by atoms with Crippen LogP contribution in [-0.2, 0) is 0 Å². The Labute approximate surface area is 163 Å². The van der Waals surface area contributed by atoms with Crippen LogP contribution in [0, 0.1) is 6.92 Å². The number of aromatic hydroxyl groups is 3. The first-order valence-corrected chi connectivity index (χ1v) is 8.53. The molecule has 11 nitrogen and oxygen atoms in total. The Balaban J connectivity index is 1.90. The monoisotopic (exact) mass is 395 g/mol. The Kier molecular flexibility index (Phi) is 4.19. The van der Waals surface area contributed by atoms with Crippen molar-refractivity contribution in [1.29, 1.82) is 0 Å². The van der Waals surface area contributed by atoms with Crippen molar-refractivity contribution in [3.63, 3.8) is 0 Å². The van der Waals surface area contributed by atoms with Crippen molar-refractivity contribution in [1.82, 2.24) is 24.1 Å². The van der Waals surface area contributed by atoms with Gasteiger partial charge < -0.3 is 26.0 Å². The van der Waals surface area contributed by atoms with Gasteiger partial charge in [0.15, 0.2) is 11.4 Å². The van der Waals surface area contributed by atoms with Gasteiger partial charge in [-0.2, -0.15) is 9.61 Å². The molecular formula is C18H17N7O4. The highest BCUT2D eigenvalue weighted by Gasteiger charge is 2.23. The Hall–Kier alpha value is -4.28. The highest BCUT2D eigenvalue weighted by Crippen LogP contribution is 2.40. The third-order valence-electron chi connectivity index (χ3n) is 4.34. The van der Waals surface area contributed by atoms with E-state index in [1.807, 2.05) is 6.92 Å². The molecule has 0 atom stereocenters. The van der Waals surface area contributed by atoms with Crippen molar-refractivity contribution in [2.45, 2.75) is 6.92 Å². The standard InChI is InChI=1S/C18H17N7O4/c1-9-8-21-25-12(19-2)7-10(23-16(9)25)22-13-14(26)15(27)18(29)24(17(13)28)11-5-3-4-6-20-11/h3-8,19,26-28H,1-2H3,(H,22,23). The van der Waals surface area contributed by atoms with Crippen LogP contribution in [0.5, 0.6) is 17.4 Å². The van der Waals surface area contributed by atoms with E-state index in [1.54, 1.807) is 36.0 Å². The summed E-state index contributed by atoms with van der Waals surface area (Å²) in [5.74, 6) is -1.49. The van der Waals surface area contributed by atoms with E-state index in [2.05, 4.69) is 25.7 Å². The molecule has 4 heterocycles. The Bertz CT molecular complexity index is 1280. The fourth-order valence-electron chi connectivity index (χ4n) is 2.90. The Morgan fingerprint density at radius 2 is 1.93 bits per heavy atom. The lowest BCUT2D eigenvalue weighted by molar-refractivity contribution is 0.379. The molecular weight excluding hydrogens is 378 g/mol. The summed E-state index contributed by atoms with van der Waals surface area (Å²) in [4.78, 5) is 20.8. The maximum atomic E-state index is 12.4. The average molecular weight is 395 g/mol. The summed E-state index contributed by atoms with van der Waals surface area (Å²) in [6.45, 7) is 1.83. The molecule has 0 saturated heterocycles. The molecule has 0 fully saturated rings. The molecule has 0 unspecified atom stereocenters.